The van der Waals surface area contributed by atoms with Gasteiger partial charge in [-0.1, -0.05) is 6.07 Å². The normalized spacial score (nSPS) is 14.9. The summed E-state index contributed by atoms with van der Waals surface area (Å²) in [5.41, 5.74) is 4.31. The van der Waals surface area contributed by atoms with Crippen molar-refractivity contribution in [3.63, 3.8) is 0 Å². The van der Waals surface area contributed by atoms with Gasteiger partial charge in [-0.3, -0.25) is 0 Å². The van der Waals surface area contributed by atoms with E-state index >= 15 is 0 Å². The lowest BCUT2D eigenvalue weighted by Crippen LogP contribution is -1.95. The molecule has 1 aromatic rings. The van der Waals surface area contributed by atoms with Gasteiger partial charge in [0.05, 0.1) is 0 Å². The fourth-order valence-electron chi connectivity index (χ4n) is 2.11. The predicted molar refractivity (Wildman–Crippen MR) is 47.9 cm³/mol. The van der Waals surface area contributed by atoms with Crippen molar-refractivity contribution in [3.8, 4) is 0 Å². The van der Waals surface area contributed by atoms with Crippen LogP contribution in [0.3, 0.4) is 0 Å². The molecule has 0 saturated heterocycles. The summed E-state index contributed by atoms with van der Waals surface area (Å²) >= 11 is 0. The van der Waals surface area contributed by atoms with E-state index in [2.05, 4.69) is 0 Å². The van der Waals surface area contributed by atoms with E-state index in [1.807, 2.05) is 19.9 Å². The maximum atomic E-state index is 13.4. The molecule has 1 aliphatic carbocycles. The molecule has 0 radical (unpaired) electrons. The molecule has 0 nitrogen and oxygen atoms in total. The number of aryl methyl sites for hydroxylation is 2. The summed E-state index contributed by atoms with van der Waals surface area (Å²) in [6.45, 7) is 3.74. The Hall–Kier alpha value is -0.850. The lowest BCUT2D eigenvalue weighted by molar-refractivity contribution is 0.606. The first-order valence-electron chi connectivity index (χ1n) is 4.47. The maximum Gasteiger partial charge on any atom is 0.129 e. The Morgan fingerprint density at radius 2 is 2.00 bits per heavy atom. The van der Waals surface area contributed by atoms with Crippen LogP contribution in [0.15, 0.2) is 6.07 Å². The predicted octanol–water partition coefficient (Wildman–Crippen LogP) is 2.93. The molecule has 0 aromatic heterocycles. The van der Waals surface area contributed by atoms with E-state index in [-0.39, 0.29) is 5.82 Å². The fraction of sp³-hybridized carbons (Fsp3) is 0.455. The molecule has 0 heterocycles. The molecule has 0 unspecified atom stereocenters. The molecule has 0 atom stereocenters. The van der Waals surface area contributed by atoms with Crippen LogP contribution in [0.2, 0.25) is 0 Å². The summed E-state index contributed by atoms with van der Waals surface area (Å²) in [6, 6.07) is 2.00. The highest BCUT2D eigenvalue weighted by Gasteiger charge is 2.16. The van der Waals surface area contributed by atoms with Crippen molar-refractivity contribution in [2.75, 3.05) is 0 Å². The molecule has 2 rings (SSSR count). The smallest absolute Gasteiger partial charge is 0.129 e. The van der Waals surface area contributed by atoms with Crippen LogP contribution < -0.4 is 0 Å². The standard InChI is InChI=1S/C11H13F/c1-7-6-9-4-3-5-10(9)8(2)11(7)12/h6H,3-5H2,1-2H3. The van der Waals surface area contributed by atoms with Gasteiger partial charge in [-0.2, -0.15) is 0 Å². The topological polar surface area (TPSA) is 0 Å². The van der Waals surface area contributed by atoms with Crippen molar-refractivity contribution in [1.29, 1.82) is 0 Å². The van der Waals surface area contributed by atoms with Crippen molar-refractivity contribution in [2.45, 2.75) is 33.1 Å². The van der Waals surface area contributed by atoms with E-state index in [0.29, 0.717) is 0 Å². The van der Waals surface area contributed by atoms with Crippen LogP contribution in [0, 0.1) is 19.7 Å². The lowest BCUT2D eigenvalue weighted by atomic mass is 10.0. The van der Waals surface area contributed by atoms with Gasteiger partial charge < -0.3 is 0 Å². The molecule has 12 heavy (non-hydrogen) atoms. The van der Waals surface area contributed by atoms with E-state index in [0.717, 1.165) is 24.0 Å². The van der Waals surface area contributed by atoms with Gasteiger partial charge in [-0.25, -0.2) is 4.39 Å². The quantitative estimate of drug-likeness (QED) is 0.553. The van der Waals surface area contributed by atoms with Gasteiger partial charge in [-0.15, -0.1) is 0 Å². The van der Waals surface area contributed by atoms with E-state index < -0.39 is 0 Å². The van der Waals surface area contributed by atoms with Crippen molar-refractivity contribution < 1.29 is 4.39 Å². The van der Waals surface area contributed by atoms with Crippen LogP contribution in [0.4, 0.5) is 4.39 Å². The second kappa shape index (κ2) is 2.58. The SMILES string of the molecule is Cc1cc2c(c(C)c1F)CCC2. The third-order valence-electron chi connectivity index (χ3n) is 2.78. The van der Waals surface area contributed by atoms with E-state index in [1.165, 1.54) is 17.5 Å². The molecule has 0 amide bonds. The number of hydrogen-bond donors (Lipinski definition) is 0. The zero-order valence-electron chi connectivity index (χ0n) is 7.58. The molecule has 1 heteroatoms. The second-order valence-corrected chi connectivity index (χ2v) is 3.62. The molecule has 0 aliphatic heterocycles. The summed E-state index contributed by atoms with van der Waals surface area (Å²) in [4.78, 5) is 0. The third-order valence-corrected chi connectivity index (χ3v) is 2.78. The third kappa shape index (κ3) is 0.961. The molecule has 0 N–H and O–H groups in total. The molecule has 0 bridgehead atoms. The van der Waals surface area contributed by atoms with Crippen molar-refractivity contribution in [3.05, 3.63) is 34.1 Å². The Kier molecular flexibility index (Phi) is 1.67. The van der Waals surface area contributed by atoms with Gasteiger partial charge in [0, 0.05) is 0 Å². The average Bonchev–Trinajstić information content (AvgIpc) is 2.48. The summed E-state index contributed by atoms with van der Waals surface area (Å²) < 4.78 is 13.4. The second-order valence-electron chi connectivity index (χ2n) is 3.62. The Balaban J connectivity index is 2.67. The van der Waals surface area contributed by atoms with Gasteiger partial charge >= 0.3 is 0 Å². The van der Waals surface area contributed by atoms with Crippen LogP contribution >= 0.6 is 0 Å². The van der Waals surface area contributed by atoms with E-state index in [1.54, 1.807) is 0 Å². The highest BCUT2D eigenvalue weighted by Crippen LogP contribution is 2.28. The Morgan fingerprint density at radius 1 is 1.25 bits per heavy atom. The molecule has 0 saturated carbocycles. The van der Waals surface area contributed by atoms with Crippen LogP contribution in [0.1, 0.15) is 28.7 Å². The summed E-state index contributed by atoms with van der Waals surface area (Å²) in [6.07, 6.45) is 3.40. The Morgan fingerprint density at radius 3 is 2.75 bits per heavy atom. The molecule has 1 aromatic carbocycles. The summed E-state index contributed by atoms with van der Waals surface area (Å²) in [5.74, 6) is -0.00403. The van der Waals surface area contributed by atoms with E-state index in [9.17, 15) is 4.39 Å². The molecule has 64 valence electrons. The molecule has 0 spiro atoms. The number of benzene rings is 1. The molecule has 1 aliphatic rings. The lowest BCUT2D eigenvalue weighted by Gasteiger charge is -2.07. The van der Waals surface area contributed by atoms with Gasteiger partial charge in [0.25, 0.3) is 0 Å². The molecule has 0 fully saturated rings. The van der Waals surface area contributed by atoms with Crippen LogP contribution in [-0.2, 0) is 12.8 Å². The zero-order valence-corrected chi connectivity index (χ0v) is 7.58. The van der Waals surface area contributed by atoms with Crippen LogP contribution in [0.25, 0.3) is 0 Å². The van der Waals surface area contributed by atoms with Gasteiger partial charge in [0.15, 0.2) is 0 Å². The number of hydrogen-bond acceptors (Lipinski definition) is 0. The van der Waals surface area contributed by atoms with Crippen molar-refractivity contribution in [2.24, 2.45) is 0 Å². The van der Waals surface area contributed by atoms with Gasteiger partial charge in [0.1, 0.15) is 5.82 Å². The van der Waals surface area contributed by atoms with Gasteiger partial charge in [-0.05, 0) is 55.4 Å². The van der Waals surface area contributed by atoms with E-state index in [4.69, 9.17) is 0 Å². The van der Waals surface area contributed by atoms with Crippen molar-refractivity contribution in [1.82, 2.24) is 0 Å². The summed E-state index contributed by atoms with van der Waals surface area (Å²) in [7, 11) is 0. The minimum atomic E-state index is -0.00403. The average molecular weight is 164 g/mol. The number of fused-ring (bicyclic) bond motifs is 1. The highest BCUT2D eigenvalue weighted by molar-refractivity contribution is 5.42. The number of rotatable bonds is 0. The first-order chi connectivity index (χ1) is 5.70. The monoisotopic (exact) mass is 164 g/mol. The highest BCUT2D eigenvalue weighted by atomic mass is 19.1. The fourth-order valence-corrected chi connectivity index (χ4v) is 2.11. The minimum absolute atomic E-state index is 0.00403. The first kappa shape index (κ1) is 7.78. The number of halogens is 1. The van der Waals surface area contributed by atoms with Crippen LogP contribution in [-0.4, -0.2) is 0 Å². The maximum absolute atomic E-state index is 13.4. The molecular formula is C11H13F. The zero-order chi connectivity index (χ0) is 8.72. The van der Waals surface area contributed by atoms with Crippen molar-refractivity contribution >= 4 is 0 Å². The van der Waals surface area contributed by atoms with Gasteiger partial charge in [0.2, 0.25) is 0 Å². The van der Waals surface area contributed by atoms with Crippen LogP contribution in [0.5, 0.6) is 0 Å². The molecular weight excluding hydrogens is 151 g/mol. The Bertz CT molecular complexity index is 326. The summed E-state index contributed by atoms with van der Waals surface area (Å²) in [5, 5.41) is 0. The minimum Gasteiger partial charge on any atom is -0.206 e. The largest absolute Gasteiger partial charge is 0.206 e. The Labute approximate surface area is 72.4 Å². The first-order valence-corrected chi connectivity index (χ1v) is 4.47.